The lowest BCUT2D eigenvalue weighted by molar-refractivity contribution is 0.822. The topological polar surface area (TPSA) is 87.4 Å². The van der Waals surface area contributed by atoms with Crippen molar-refractivity contribution < 1.29 is 0 Å². The molecule has 24 heavy (non-hydrogen) atoms. The summed E-state index contributed by atoms with van der Waals surface area (Å²) in [5.41, 5.74) is 0.969. The van der Waals surface area contributed by atoms with E-state index in [0.717, 1.165) is 16.5 Å². The Morgan fingerprint density at radius 1 is 1.17 bits per heavy atom. The van der Waals surface area contributed by atoms with E-state index in [1.807, 2.05) is 42.5 Å². The van der Waals surface area contributed by atoms with E-state index in [-0.39, 0.29) is 11.3 Å². The van der Waals surface area contributed by atoms with Crippen LogP contribution in [-0.2, 0) is 0 Å². The number of rotatable bonds is 3. The predicted molar refractivity (Wildman–Crippen MR) is 93.3 cm³/mol. The first-order chi connectivity index (χ1) is 11.8. The number of benzene rings is 2. The molecule has 0 aliphatic heterocycles. The second kappa shape index (κ2) is 5.83. The van der Waals surface area contributed by atoms with Crippen molar-refractivity contribution in [2.24, 2.45) is 0 Å². The van der Waals surface area contributed by atoms with Crippen molar-refractivity contribution in [3.8, 4) is 11.8 Å². The molecule has 2 aromatic carbocycles. The zero-order chi connectivity index (χ0) is 16.5. The van der Waals surface area contributed by atoms with Crippen molar-refractivity contribution >= 4 is 33.6 Å². The molecule has 2 aromatic heterocycles. The minimum absolute atomic E-state index is 0.203. The molecule has 0 bridgehead atoms. The number of nitrogens with zero attached hydrogens (tertiary/aromatic N) is 4. The Bertz CT molecular complexity index is 1150. The van der Waals surface area contributed by atoms with Crippen LogP contribution in [0.5, 0.6) is 0 Å². The third kappa shape index (κ3) is 2.25. The molecule has 0 spiro atoms. The van der Waals surface area contributed by atoms with Crippen LogP contribution in [0.4, 0.5) is 0 Å². The number of hydrogen-bond acceptors (Lipinski definition) is 5. The molecule has 0 aliphatic rings. The lowest BCUT2D eigenvalue weighted by Crippen LogP contribution is -2.21. The summed E-state index contributed by atoms with van der Waals surface area (Å²) in [6.45, 7) is 0. The van der Waals surface area contributed by atoms with E-state index < -0.39 is 0 Å². The highest BCUT2D eigenvalue weighted by Crippen LogP contribution is 2.26. The zero-order valence-corrected chi connectivity index (χ0v) is 13.2. The van der Waals surface area contributed by atoms with Crippen LogP contribution in [0.2, 0.25) is 0 Å². The Hall–Kier alpha value is -3.11. The zero-order valence-electron chi connectivity index (χ0n) is 12.4. The van der Waals surface area contributed by atoms with Gasteiger partial charge in [0.2, 0.25) is 0 Å². The molecule has 0 fully saturated rings. The molecule has 0 unspecified atom stereocenters. The Labute approximate surface area is 140 Å². The Balaban J connectivity index is 2.09. The average molecular weight is 333 g/mol. The average Bonchev–Trinajstić information content (AvgIpc) is 3.09. The Morgan fingerprint density at radius 2 is 2.00 bits per heavy atom. The molecule has 1 N–H and O–H groups in total. The van der Waals surface area contributed by atoms with Gasteiger partial charge in [0.15, 0.2) is 10.8 Å². The highest BCUT2D eigenvalue weighted by molar-refractivity contribution is 7.99. The molecule has 116 valence electrons. The van der Waals surface area contributed by atoms with Gasteiger partial charge < -0.3 is 0 Å². The second-order valence-corrected chi connectivity index (χ2v) is 6.05. The summed E-state index contributed by atoms with van der Waals surface area (Å²) < 4.78 is 1.56. The van der Waals surface area contributed by atoms with Gasteiger partial charge >= 0.3 is 0 Å². The number of hydrogen-bond donors (Lipinski definition) is 1. The van der Waals surface area contributed by atoms with Crippen molar-refractivity contribution in [2.75, 3.05) is 5.75 Å². The summed E-state index contributed by atoms with van der Waals surface area (Å²) in [4.78, 5) is 17.5. The van der Waals surface area contributed by atoms with Gasteiger partial charge in [-0.25, -0.2) is 4.98 Å². The SMILES string of the molecule is N#CCSc1nc2[nH]ncc2c(=O)n1-c1cccc2ccccc12. The quantitative estimate of drug-likeness (QED) is 0.460. The molecule has 0 saturated heterocycles. The van der Waals surface area contributed by atoms with Gasteiger partial charge in [-0.05, 0) is 11.5 Å². The van der Waals surface area contributed by atoms with Crippen molar-refractivity contribution in [1.82, 2.24) is 19.7 Å². The molecule has 0 aliphatic carbocycles. The third-order valence-electron chi connectivity index (χ3n) is 3.72. The van der Waals surface area contributed by atoms with Gasteiger partial charge in [0.05, 0.1) is 23.7 Å². The third-order valence-corrected chi connectivity index (χ3v) is 4.53. The number of aromatic amines is 1. The number of thioether (sulfide) groups is 1. The normalized spacial score (nSPS) is 11.0. The maximum absolute atomic E-state index is 13.0. The van der Waals surface area contributed by atoms with E-state index in [9.17, 15) is 4.79 Å². The largest absolute Gasteiger partial charge is 0.269 e. The Morgan fingerprint density at radius 3 is 2.88 bits per heavy atom. The van der Waals surface area contributed by atoms with Gasteiger partial charge in [0.1, 0.15) is 5.39 Å². The fraction of sp³-hybridized carbons (Fsp3) is 0.0588. The molecule has 6 nitrogen and oxygen atoms in total. The molecule has 0 amide bonds. The van der Waals surface area contributed by atoms with Gasteiger partial charge in [0, 0.05) is 5.39 Å². The van der Waals surface area contributed by atoms with Crippen molar-refractivity contribution in [3.63, 3.8) is 0 Å². The van der Waals surface area contributed by atoms with Crippen LogP contribution in [0.3, 0.4) is 0 Å². The van der Waals surface area contributed by atoms with Gasteiger partial charge in [-0.2, -0.15) is 10.4 Å². The first-order valence-corrected chi connectivity index (χ1v) is 8.22. The smallest absolute Gasteiger partial charge is 0.268 e. The molecular weight excluding hydrogens is 322 g/mol. The van der Waals surface area contributed by atoms with Crippen molar-refractivity contribution in [1.29, 1.82) is 5.26 Å². The highest BCUT2D eigenvalue weighted by Gasteiger charge is 2.16. The molecule has 0 radical (unpaired) electrons. The summed E-state index contributed by atoms with van der Waals surface area (Å²) in [6.07, 6.45) is 1.48. The number of nitriles is 1. The lowest BCUT2D eigenvalue weighted by Gasteiger charge is -2.13. The molecule has 4 aromatic rings. The van der Waals surface area contributed by atoms with Crippen LogP contribution >= 0.6 is 11.8 Å². The summed E-state index contributed by atoms with van der Waals surface area (Å²) in [5.74, 6) is 0.205. The van der Waals surface area contributed by atoms with Gasteiger partial charge in [0.25, 0.3) is 5.56 Å². The Kier molecular flexibility index (Phi) is 3.52. The van der Waals surface area contributed by atoms with E-state index in [1.54, 1.807) is 4.57 Å². The molecule has 2 heterocycles. The first kappa shape index (κ1) is 14.5. The minimum atomic E-state index is -0.203. The molecular formula is C17H11N5OS. The standard InChI is InChI=1S/C17H11N5OS/c18-8-9-24-17-20-15-13(10-19-21-15)16(23)22(17)14-7-3-5-11-4-1-2-6-12(11)14/h1-7,10H,9H2,(H,19,21). The van der Waals surface area contributed by atoms with Crippen LogP contribution < -0.4 is 5.56 Å². The van der Waals surface area contributed by atoms with Gasteiger partial charge in [-0.15, -0.1) is 0 Å². The molecule has 0 atom stereocenters. The highest BCUT2D eigenvalue weighted by atomic mass is 32.2. The minimum Gasteiger partial charge on any atom is -0.268 e. The van der Waals surface area contributed by atoms with Crippen LogP contribution in [0, 0.1) is 11.3 Å². The number of H-pyrrole nitrogens is 1. The van der Waals surface area contributed by atoms with Crippen LogP contribution in [0.1, 0.15) is 0 Å². The fourth-order valence-electron chi connectivity index (χ4n) is 2.68. The van der Waals surface area contributed by atoms with E-state index >= 15 is 0 Å². The monoisotopic (exact) mass is 333 g/mol. The number of aromatic nitrogens is 4. The first-order valence-electron chi connectivity index (χ1n) is 7.23. The summed E-state index contributed by atoms with van der Waals surface area (Å²) in [5, 5.41) is 18.4. The van der Waals surface area contributed by atoms with Crippen molar-refractivity contribution in [3.05, 3.63) is 59.0 Å². The van der Waals surface area contributed by atoms with E-state index in [0.29, 0.717) is 16.2 Å². The number of nitrogens with one attached hydrogen (secondary N) is 1. The van der Waals surface area contributed by atoms with Gasteiger partial charge in [-0.3, -0.25) is 14.5 Å². The van der Waals surface area contributed by atoms with E-state index in [4.69, 9.17) is 5.26 Å². The summed E-state index contributed by atoms with van der Waals surface area (Å²) in [6, 6.07) is 15.7. The van der Waals surface area contributed by atoms with Crippen LogP contribution in [0.25, 0.3) is 27.5 Å². The molecule has 7 heteroatoms. The summed E-state index contributed by atoms with van der Waals surface area (Å²) >= 11 is 1.23. The maximum Gasteiger partial charge on any atom is 0.269 e. The van der Waals surface area contributed by atoms with E-state index in [1.165, 1.54) is 18.0 Å². The van der Waals surface area contributed by atoms with Crippen molar-refractivity contribution in [2.45, 2.75) is 5.16 Å². The summed E-state index contributed by atoms with van der Waals surface area (Å²) in [7, 11) is 0. The lowest BCUT2D eigenvalue weighted by atomic mass is 10.1. The van der Waals surface area contributed by atoms with Crippen LogP contribution in [0.15, 0.2) is 58.6 Å². The number of fused-ring (bicyclic) bond motifs is 2. The predicted octanol–water partition coefficient (Wildman–Crippen LogP) is 2.88. The fourth-order valence-corrected chi connectivity index (χ4v) is 3.34. The van der Waals surface area contributed by atoms with Crippen LogP contribution in [-0.4, -0.2) is 25.5 Å². The molecule has 0 saturated carbocycles. The second-order valence-electron chi connectivity index (χ2n) is 5.11. The maximum atomic E-state index is 13.0. The van der Waals surface area contributed by atoms with E-state index in [2.05, 4.69) is 21.3 Å². The molecule has 4 rings (SSSR count). The van der Waals surface area contributed by atoms with Gasteiger partial charge in [-0.1, -0.05) is 48.2 Å².